The number of nitrogens with one attached hydrogen (secondary N) is 2. The molecule has 1 aromatic heterocycles. The Kier molecular flexibility index (Phi) is 5.34. The molecule has 1 aliphatic rings. The number of rotatable bonds is 4. The summed E-state index contributed by atoms with van der Waals surface area (Å²) < 4.78 is 0. The Morgan fingerprint density at radius 1 is 1.14 bits per heavy atom. The number of H-pyrrole nitrogens is 1. The average Bonchev–Trinajstić information content (AvgIpc) is 3.12. The van der Waals surface area contributed by atoms with E-state index in [0.29, 0.717) is 11.3 Å². The molecule has 28 heavy (non-hydrogen) atoms. The average molecular weight is 395 g/mol. The lowest BCUT2D eigenvalue weighted by Gasteiger charge is -2.27. The maximum absolute atomic E-state index is 12.9. The summed E-state index contributed by atoms with van der Waals surface area (Å²) in [5, 5.41) is 11.1. The third kappa shape index (κ3) is 3.75. The third-order valence-electron chi connectivity index (χ3n) is 5.01. The monoisotopic (exact) mass is 394 g/mol. The first-order valence-electron chi connectivity index (χ1n) is 9.32. The van der Waals surface area contributed by atoms with Crippen LogP contribution >= 0.6 is 11.8 Å². The van der Waals surface area contributed by atoms with Crippen molar-refractivity contribution < 1.29 is 9.59 Å². The van der Waals surface area contributed by atoms with E-state index in [9.17, 15) is 9.59 Å². The number of carbonyl (C=O) groups excluding carboxylic acids is 2. The van der Waals surface area contributed by atoms with Crippen LogP contribution < -0.4 is 5.32 Å². The zero-order valence-electron chi connectivity index (χ0n) is 15.7. The van der Waals surface area contributed by atoms with Gasteiger partial charge in [0.15, 0.2) is 0 Å². The highest BCUT2D eigenvalue weighted by Crippen LogP contribution is 2.23. The zero-order chi connectivity index (χ0) is 19.5. The number of fused-ring (bicyclic) bond motifs is 1. The van der Waals surface area contributed by atoms with E-state index in [1.54, 1.807) is 0 Å². The Hall–Kier alpha value is -2.80. The number of hydrogen-bond acceptors (Lipinski definition) is 4. The minimum atomic E-state index is -0.142. The SMILES string of the molecule is Cc1c(NC(=O)Cc2[nH]nc3ccccc23)cccc1C(=O)N1CCSCC1. The first kappa shape index (κ1) is 18.6. The molecule has 1 saturated heterocycles. The van der Waals surface area contributed by atoms with E-state index in [2.05, 4.69) is 15.5 Å². The van der Waals surface area contributed by atoms with Gasteiger partial charge < -0.3 is 10.2 Å². The smallest absolute Gasteiger partial charge is 0.254 e. The number of amides is 2. The molecule has 0 unspecified atom stereocenters. The molecular formula is C21H22N4O2S. The maximum atomic E-state index is 12.9. The maximum Gasteiger partial charge on any atom is 0.254 e. The fourth-order valence-electron chi connectivity index (χ4n) is 3.44. The molecule has 2 amide bonds. The summed E-state index contributed by atoms with van der Waals surface area (Å²) in [4.78, 5) is 27.3. The van der Waals surface area contributed by atoms with Crippen molar-refractivity contribution in [2.45, 2.75) is 13.3 Å². The van der Waals surface area contributed by atoms with Crippen LogP contribution in [0.1, 0.15) is 21.6 Å². The second-order valence-electron chi connectivity index (χ2n) is 6.83. The second-order valence-corrected chi connectivity index (χ2v) is 8.05. The molecule has 4 rings (SSSR count). The summed E-state index contributed by atoms with van der Waals surface area (Å²) in [6.45, 7) is 3.42. The van der Waals surface area contributed by atoms with Crippen LogP contribution in [0, 0.1) is 6.92 Å². The van der Waals surface area contributed by atoms with Crippen LogP contribution in [0.4, 0.5) is 5.69 Å². The molecule has 2 aromatic carbocycles. The van der Waals surface area contributed by atoms with E-state index in [1.165, 1.54) is 0 Å². The Balaban J connectivity index is 1.50. The lowest BCUT2D eigenvalue weighted by atomic mass is 10.0. The van der Waals surface area contributed by atoms with Gasteiger partial charge >= 0.3 is 0 Å². The number of anilines is 1. The molecule has 6 nitrogen and oxygen atoms in total. The molecule has 7 heteroatoms. The summed E-state index contributed by atoms with van der Waals surface area (Å²) in [6.07, 6.45) is 0.196. The summed E-state index contributed by atoms with van der Waals surface area (Å²) in [5.74, 6) is 1.84. The summed E-state index contributed by atoms with van der Waals surface area (Å²) in [6, 6.07) is 13.2. The van der Waals surface area contributed by atoms with Crippen molar-refractivity contribution in [1.82, 2.24) is 15.1 Å². The lowest BCUT2D eigenvalue weighted by Crippen LogP contribution is -2.38. The van der Waals surface area contributed by atoms with Crippen LogP contribution in [0.3, 0.4) is 0 Å². The fraction of sp³-hybridized carbons (Fsp3) is 0.286. The molecule has 1 fully saturated rings. The van der Waals surface area contributed by atoms with Crippen LogP contribution in [-0.2, 0) is 11.2 Å². The highest BCUT2D eigenvalue weighted by Gasteiger charge is 2.21. The number of hydrogen-bond donors (Lipinski definition) is 2. The van der Waals surface area contributed by atoms with Crippen molar-refractivity contribution in [3.63, 3.8) is 0 Å². The number of thioether (sulfide) groups is 1. The largest absolute Gasteiger partial charge is 0.337 e. The molecular weight excluding hydrogens is 372 g/mol. The van der Waals surface area contributed by atoms with Gasteiger partial charge in [0.1, 0.15) is 0 Å². The van der Waals surface area contributed by atoms with Crippen molar-refractivity contribution in [3.8, 4) is 0 Å². The lowest BCUT2D eigenvalue weighted by molar-refractivity contribution is -0.115. The van der Waals surface area contributed by atoms with Crippen molar-refractivity contribution in [2.75, 3.05) is 29.9 Å². The molecule has 2 N–H and O–H groups in total. The van der Waals surface area contributed by atoms with Gasteiger partial charge in [-0.2, -0.15) is 16.9 Å². The molecule has 2 heterocycles. The Morgan fingerprint density at radius 3 is 2.75 bits per heavy atom. The van der Waals surface area contributed by atoms with Crippen molar-refractivity contribution in [2.24, 2.45) is 0 Å². The molecule has 144 valence electrons. The van der Waals surface area contributed by atoms with Gasteiger partial charge in [-0.1, -0.05) is 24.3 Å². The molecule has 0 radical (unpaired) electrons. The summed E-state index contributed by atoms with van der Waals surface area (Å²) in [7, 11) is 0. The van der Waals surface area contributed by atoms with Gasteiger partial charge in [0.2, 0.25) is 5.91 Å². The highest BCUT2D eigenvalue weighted by molar-refractivity contribution is 7.99. The van der Waals surface area contributed by atoms with E-state index in [0.717, 1.165) is 46.8 Å². The van der Waals surface area contributed by atoms with Crippen LogP contribution in [0.5, 0.6) is 0 Å². The standard InChI is InChI=1S/C21H22N4O2S/c1-14-15(21(27)25-9-11-28-12-10-25)6-4-8-17(14)22-20(26)13-19-16-5-2-3-7-18(16)23-24-19/h2-8H,9-13H2,1H3,(H,22,26)(H,23,24). The molecule has 1 aliphatic heterocycles. The van der Waals surface area contributed by atoms with Crippen LogP contribution in [0.15, 0.2) is 42.5 Å². The van der Waals surface area contributed by atoms with Crippen molar-refractivity contribution in [1.29, 1.82) is 0 Å². The molecule has 0 aliphatic carbocycles. The molecule has 0 bridgehead atoms. The van der Waals surface area contributed by atoms with Gasteiger partial charge in [-0.25, -0.2) is 0 Å². The third-order valence-corrected chi connectivity index (χ3v) is 5.96. The van der Waals surface area contributed by atoms with Gasteiger partial charge in [0.25, 0.3) is 5.91 Å². The van der Waals surface area contributed by atoms with E-state index < -0.39 is 0 Å². The minimum Gasteiger partial charge on any atom is -0.337 e. The van der Waals surface area contributed by atoms with Crippen molar-refractivity contribution in [3.05, 3.63) is 59.3 Å². The number of carbonyl (C=O) groups is 2. The molecule has 0 atom stereocenters. The number of aromatic nitrogens is 2. The summed E-state index contributed by atoms with van der Waals surface area (Å²) in [5.41, 5.74) is 3.74. The van der Waals surface area contributed by atoms with Gasteiger partial charge in [-0.15, -0.1) is 0 Å². The topological polar surface area (TPSA) is 78.1 Å². The van der Waals surface area contributed by atoms with Gasteiger partial charge in [-0.3, -0.25) is 14.7 Å². The number of benzene rings is 2. The van der Waals surface area contributed by atoms with Gasteiger partial charge in [-0.05, 0) is 30.7 Å². The molecule has 3 aromatic rings. The van der Waals surface area contributed by atoms with Gasteiger partial charge in [0, 0.05) is 41.2 Å². The molecule has 0 spiro atoms. The van der Waals surface area contributed by atoms with Crippen LogP contribution in [-0.4, -0.2) is 51.5 Å². The van der Waals surface area contributed by atoms with E-state index >= 15 is 0 Å². The number of aromatic amines is 1. The number of nitrogens with zero attached hydrogens (tertiary/aromatic N) is 2. The van der Waals surface area contributed by atoms with Crippen LogP contribution in [0.25, 0.3) is 10.9 Å². The summed E-state index contributed by atoms with van der Waals surface area (Å²) >= 11 is 1.87. The van der Waals surface area contributed by atoms with Crippen LogP contribution in [0.2, 0.25) is 0 Å². The first-order chi connectivity index (χ1) is 13.6. The van der Waals surface area contributed by atoms with E-state index in [4.69, 9.17) is 0 Å². The molecule has 0 saturated carbocycles. The van der Waals surface area contributed by atoms with Gasteiger partial charge in [0.05, 0.1) is 17.6 Å². The predicted octanol–water partition coefficient (Wildman–Crippen LogP) is 3.24. The Labute approximate surface area is 167 Å². The minimum absolute atomic E-state index is 0.0356. The highest BCUT2D eigenvalue weighted by atomic mass is 32.2. The first-order valence-corrected chi connectivity index (χ1v) is 10.5. The Morgan fingerprint density at radius 2 is 1.93 bits per heavy atom. The Bertz CT molecular complexity index is 1020. The fourth-order valence-corrected chi connectivity index (χ4v) is 4.35. The normalized spacial score (nSPS) is 14.2. The van der Waals surface area contributed by atoms with Crippen molar-refractivity contribution >= 4 is 40.2 Å². The zero-order valence-corrected chi connectivity index (χ0v) is 16.5. The number of para-hydroxylation sites is 1. The van der Waals surface area contributed by atoms with E-state index in [-0.39, 0.29) is 18.2 Å². The van der Waals surface area contributed by atoms with E-state index in [1.807, 2.05) is 66.1 Å². The quantitative estimate of drug-likeness (QED) is 0.712. The predicted molar refractivity (Wildman–Crippen MR) is 113 cm³/mol. The second kappa shape index (κ2) is 8.06.